The number of hydrogen-bond acceptors (Lipinski definition) is 6. The Bertz CT molecular complexity index is 370. The zero-order valence-corrected chi connectivity index (χ0v) is 17.0. The van der Waals surface area contributed by atoms with Gasteiger partial charge in [-0.2, -0.15) is 13.5 Å². The van der Waals surface area contributed by atoms with E-state index in [4.69, 9.17) is 12.6 Å². The fourth-order valence-corrected chi connectivity index (χ4v) is 7.63. The van der Waals surface area contributed by atoms with E-state index in [9.17, 15) is 0 Å². The summed E-state index contributed by atoms with van der Waals surface area (Å²) in [5.41, 5.74) is 0. The van der Waals surface area contributed by atoms with Crippen LogP contribution >= 0.6 is 84.9 Å². The molecule has 0 bridgehead atoms. The van der Waals surface area contributed by atoms with Crippen LogP contribution in [0.4, 0.5) is 0 Å². The van der Waals surface area contributed by atoms with Crippen LogP contribution in [0.15, 0.2) is 29.4 Å². The predicted octanol–water partition coefficient (Wildman–Crippen LogP) is 5.70. The topological polar surface area (TPSA) is 0 Å². The summed E-state index contributed by atoms with van der Waals surface area (Å²) < 4.78 is 0. The molecule has 0 heterocycles. The Morgan fingerprint density at radius 3 is 1.00 bits per heavy atom. The van der Waals surface area contributed by atoms with Gasteiger partial charge in [0.2, 0.25) is 0 Å². The first-order valence-electron chi connectivity index (χ1n) is 4.79. The molecule has 7 heteroatoms. The summed E-state index contributed by atoms with van der Waals surface area (Å²) >= 11 is 13.8. The van der Waals surface area contributed by atoms with Crippen molar-refractivity contribution in [1.29, 1.82) is 0 Å². The molecular formula is C11H18S7. The summed E-state index contributed by atoms with van der Waals surface area (Å²) in [5.74, 6) is 0. The minimum Gasteiger partial charge on any atom is -0.197 e. The van der Waals surface area contributed by atoms with E-state index in [1.165, 1.54) is 24.5 Å². The summed E-state index contributed by atoms with van der Waals surface area (Å²) in [6.07, 6.45) is 10.7. The fraction of sp³-hybridized carbons (Fsp3) is 0.455. The second kappa shape index (κ2) is 9.58. The number of thioether (sulfide) groups is 5. The van der Waals surface area contributed by atoms with Gasteiger partial charge in [-0.25, -0.2) is 0 Å². The third kappa shape index (κ3) is 3.86. The molecule has 0 radical (unpaired) electrons. The first-order chi connectivity index (χ1) is 8.15. The minimum atomic E-state index is 0. The largest absolute Gasteiger partial charge is 0.197 e. The van der Waals surface area contributed by atoms with Gasteiger partial charge in [0, 0.05) is 29.4 Å². The quantitative estimate of drug-likeness (QED) is 0.517. The van der Waals surface area contributed by atoms with Gasteiger partial charge in [-0.3, -0.25) is 0 Å². The van der Waals surface area contributed by atoms with Gasteiger partial charge in [-0.05, 0) is 31.3 Å². The van der Waals surface area contributed by atoms with Crippen LogP contribution in [0.3, 0.4) is 0 Å². The smallest absolute Gasteiger partial charge is 0.0365 e. The van der Waals surface area contributed by atoms with Crippen molar-refractivity contribution < 1.29 is 0 Å². The van der Waals surface area contributed by atoms with Gasteiger partial charge in [0.05, 0.1) is 0 Å². The second-order valence-electron chi connectivity index (χ2n) is 3.01. The molecule has 0 aliphatic carbocycles. The molecule has 0 atom stereocenters. The molecule has 0 aliphatic rings. The van der Waals surface area contributed by atoms with Gasteiger partial charge < -0.3 is 0 Å². The van der Waals surface area contributed by atoms with Crippen molar-refractivity contribution in [2.75, 3.05) is 31.3 Å². The highest BCUT2D eigenvalue weighted by molar-refractivity contribution is 8.05. The van der Waals surface area contributed by atoms with Crippen molar-refractivity contribution in [3.05, 3.63) is 0 Å². The van der Waals surface area contributed by atoms with Crippen molar-refractivity contribution in [3.8, 4) is 0 Å². The highest BCUT2D eigenvalue weighted by Gasteiger charge is 2.20. The normalized spacial score (nSPS) is 10.3. The van der Waals surface area contributed by atoms with E-state index >= 15 is 0 Å². The Balaban J connectivity index is 0.00000289. The lowest BCUT2D eigenvalue weighted by Gasteiger charge is -2.20. The lowest BCUT2D eigenvalue weighted by atomic mass is 10.3. The maximum Gasteiger partial charge on any atom is 0.0365 e. The van der Waals surface area contributed by atoms with E-state index in [0.29, 0.717) is 0 Å². The Kier molecular flexibility index (Phi) is 10.5. The molecule has 0 nitrogen and oxygen atoms in total. The van der Waals surface area contributed by atoms with Gasteiger partial charge in [-0.15, -0.1) is 71.4 Å². The van der Waals surface area contributed by atoms with E-state index in [2.05, 4.69) is 31.3 Å². The standard InChI is InChI=1S/C11H16S6.H2S/c1-13-7-6(12)8(14-2)10(16-4)11(17-5)9(7)15-3;/h12H,1-5H3;1H2. The molecule has 0 amide bonds. The maximum absolute atomic E-state index is 4.73. The van der Waals surface area contributed by atoms with Crippen molar-refractivity contribution in [3.63, 3.8) is 0 Å². The first kappa shape index (κ1) is 19.7. The van der Waals surface area contributed by atoms with Gasteiger partial charge in [0.15, 0.2) is 0 Å². The van der Waals surface area contributed by atoms with Crippen molar-refractivity contribution in [2.45, 2.75) is 29.4 Å². The lowest BCUT2D eigenvalue weighted by Crippen LogP contribution is -1.93. The highest BCUT2D eigenvalue weighted by atomic mass is 32.2. The number of benzene rings is 1. The van der Waals surface area contributed by atoms with Crippen molar-refractivity contribution in [1.82, 2.24) is 0 Å². The summed E-state index contributed by atoms with van der Waals surface area (Å²) in [5, 5.41) is 0. The molecule has 0 spiro atoms. The van der Waals surface area contributed by atoms with Gasteiger partial charge in [-0.1, -0.05) is 0 Å². The van der Waals surface area contributed by atoms with Crippen LogP contribution in [0, 0.1) is 0 Å². The number of rotatable bonds is 5. The summed E-state index contributed by atoms with van der Waals surface area (Å²) in [7, 11) is 0. The average molecular weight is 375 g/mol. The fourth-order valence-electron chi connectivity index (χ4n) is 1.56. The Morgan fingerprint density at radius 2 is 0.778 bits per heavy atom. The molecule has 1 aromatic carbocycles. The lowest BCUT2D eigenvalue weighted by molar-refractivity contribution is 0.882. The SMILES string of the molecule is CSc1c(S)c(SC)c(SC)c(SC)c1SC.S. The molecule has 0 N–H and O–H groups in total. The van der Waals surface area contributed by atoms with Crippen LogP contribution in [0.2, 0.25) is 0 Å². The average Bonchev–Trinajstić information content (AvgIpc) is 2.36. The van der Waals surface area contributed by atoms with Crippen LogP contribution in [-0.4, -0.2) is 31.3 Å². The van der Waals surface area contributed by atoms with Crippen LogP contribution in [0.5, 0.6) is 0 Å². The highest BCUT2D eigenvalue weighted by Crippen LogP contribution is 2.49. The Morgan fingerprint density at radius 1 is 0.556 bits per heavy atom. The van der Waals surface area contributed by atoms with E-state index in [1.807, 2.05) is 35.3 Å². The first-order valence-corrected chi connectivity index (χ1v) is 11.4. The molecule has 1 rings (SSSR count). The second-order valence-corrected chi connectivity index (χ2v) is 7.54. The van der Waals surface area contributed by atoms with E-state index < -0.39 is 0 Å². The zero-order chi connectivity index (χ0) is 13.0. The molecule has 0 aromatic heterocycles. The van der Waals surface area contributed by atoms with E-state index in [1.54, 1.807) is 23.5 Å². The molecule has 0 fully saturated rings. The summed E-state index contributed by atoms with van der Waals surface area (Å²) in [6.45, 7) is 0. The van der Waals surface area contributed by atoms with E-state index in [0.717, 1.165) is 4.90 Å². The zero-order valence-electron chi connectivity index (χ0n) is 11.0. The summed E-state index contributed by atoms with van der Waals surface area (Å²) in [6, 6.07) is 0. The van der Waals surface area contributed by atoms with Crippen LogP contribution in [0.25, 0.3) is 0 Å². The molecule has 0 aliphatic heterocycles. The molecule has 1 aromatic rings. The Labute approximate surface area is 144 Å². The molecule has 18 heavy (non-hydrogen) atoms. The molecule has 104 valence electrons. The van der Waals surface area contributed by atoms with Crippen molar-refractivity contribution in [2.24, 2.45) is 0 Å². The maximum atomic E-state index is 4.73. The van der Waals surface area contributed by atoms with Gasteiger partial charge >= 0.3 is 0 Å². The third-order valence-electron chi connectivity index (χ3n) is 2.28. The third-order valence-corrected chi connectivity index (χ3v) is 7.62. The number of hydrogen-bond donors (Lipinski definition) is 1. The van der Waals surface area contributed by atoms with Crippen molar-refractivity contribution >= 4 is 84.9 Å². The van der Waals surface area contributed by atoms with Gasteiger partial charge in [0.1, 0.15) is 0 Å². The van der Waals surface area contributed by atoms with E-state index in [-0.39, 0.29) is 13.5 Å². The molecule has 0 unspecified atom stereocenters. The molecular weight excluding hydrogens is 357 g/mol. The van der Waals surface area contributed by atoms with Gasteiger partial charge in [0.25, 0.3) is 0 Å². The van der Waals surface area contributed by atoms with Crippen LogP contribution in [0.1, 0.15) is 0 Å². The monoisotopic (exact) mass is 374 g/mol. The molecule has 0 saturated carbocycles. The summed E-state index contributed by atoms with van der Waals surface area (Å²) in [4.78, 5) is 7.90. The molecule has 0 saturated heterocycles. The van der Waals surface area contributed by atoms with Crippen LogP contribution in [-0.2, 0) is 0 Å². The minimum absolute atomic E-state index is 0. The number of thiol groups is 1. The predicted molar refractivity (Wildman–Crippen MR) is 103 cm³/mol. The Hall–Kier alpha value is 1.67. The van der Waals surface area contributed by atoms with Crippen LogP contribution < -0.4 is 0 Å².